The fraction of sp³-hybridized carbons (Fsp3) is 0.160. The third-order valence-electron chi connectivity index (χ3n) is 5.35. The van der Waals surface area contributed by atoms with Crippen LogP contribution in [0.15, 0.2) is 81.2 Å². The minimum absolute atomic E-state index is 0.0375. The molecule has 2 aromatic heterocycles. The molecule has 1 amide bonds. The van der Waals surface area contributed by atoms with Crippen molar-refractivity contribution >= 4 is 29.1 Å². The van der Waals surface area contributed by atoms with E-state index >= 15 is 0 Å². The van der Waals surface area contributed by atoms with Gasteiger partial charge in [0.1, 0.15) is 11.5 Å². The number of aromatic amines is 1. The number of carbonyl (C=O) groups is 1. The first-order valence-electron chi connectivity index (χ1n) is 11.2. The van der Waals surface area contributed by atoms with Crippen molar-refractivity contribution in [1.82, 2.24) is 24.4 Å². The minimum Gasteiger partial charge on any atom is -0.456 e. The molecule has 0 spiro atoms. The van der Waals surface area contributed by atoms with Gasteiger partial charge in [0.2, 0.25) is 17.4 Å². The Bertz CT molecular complexity index is 1560. The summed E-state index contributed by atoms with van der Waals surface area (Å²) in [5.74, 6) is 0.699. The molecule has 190 valence electrons. The number of nitrogens with zero attached hydrogens (tertiary/aromatic N) is 3. The Morgan fingerprint density at radius 2 is 1.68 bits per heavy atom. The topological polar surface area (TPSA) is 140 Å². The summed E-state index contributed by atoms with van der Waals surface area (Å²) in [6.45, 7) is 0.00101. The molecular formula is C25H23ClN6O5. The second-order valence-corrected chi connectivity index (χ2v) is 8.36. The molecule has 0 aliphatic carbocycles. The number of aromatic nitrogens is 4. The van der Waals surface area contributed by atoms with Crippen LogP contribution in [-0.4, -0.2) is 32.1 Å². The Hall–Kier alpha value is -4.64. The smallest absolute Gasteiger partial charge is 0.354 e. The molecule has 2 heterocycles. The number of pyridine rings is 1. The summed E-state index contributed by atoms with van der Waals surface area (Å²) in [7, 11) is 1.48. The quantitative estimate of drug-likeness (QED) is 0.307. The fourth-order valence-electron chi connectivity index (χ4n) is 3.40. The Morgan fingerprint density at radius 3 is 2.32 bits per heavy atom. The molecule has 0 aliphatic rings. The number of hydrogen-bond acceptors (Lipinski definition) is 7. The van der Waals surface area contributed by atoms with Crippen LogP contribution in [0.1, 0.15) is 12.0 Å². The molecule has 4 rings (SSSR count). The predicted molar refractivity (Wildman–Crippen MR) is 139 cm³/mol. The number of amides is 1. The average Bonchev–Trinajstić information content (AvgIpc) is 2.89. The lowest BCUT2D eigenvalue weighted by Crippen LogP contribution is -2.43. The number of nitrogens with one attached hydrogen (secondary N) is 3. The predicted octanol–water partition coefficient (Wildman–Crippen LogP) is 2.47. The maximum atomic E-state index is 13.3. The Balaban J connectivity index is 1.63. The van der Waals surface area contributed by atoms with Gasteiger partial charge in [-0.25, -0.2) is 14.2 Å². The third-order valence-corrected chi connectivity index (χ3v) is 5.60. The highest BCUT2D eigenvalue weighted by atomic mass is 35.5. The SMILES string of the molecule is CNC(=O)CCn1c(=O)nc(Nc2ccc(Oc3ccc(=O)[nH]c3)cc2)n(Cc2ccc(Cl)cc2)c1=O. The van der Waals surface area contributed by atoms with Crippen molar-refractivity contribution < 1.29 is 9.53 Å². The first kappa shape index (κ1) is 25.5. The number of H-pyrrole nitrogens is 1. The molecule has 0 fully saturated rings. The molecule has 0 bridgehead atoms. The van der Waals surface area contributed by atoms with Crippen molar-refractivity contribution in [2.45, 2.75) is 19.5 Å². The van der Waals surface area contributed by atoms with Crippen LogP contribution in [0, 0.1) is 0 Å². The summed E-state index contributed by atoms with van der Waals surface area (Å²) >= 11 is 5.98. The van der Waals surface area contributed by atoms with Gasteiger partial charge in [-0.2, -0.15) is 4.98 Å². The molecule has 4 aromatic rings. The number of rotatable bonds is 9. The van der Waals surface area contributed by atoms with Crippen molar-refractivity contribution in [3.8, 4) is 11.5 Å². The van der Waals surface area contributed by atoms with Crippen LogP contribution in [0.5, 0.6) is 11.5 Å². The lowest BCUT2D eigenvalue weighted by atomic mass is 10.2. The maximum Gasteiger partial charge on any atom is 0.354 e. The monoisotopic (exact) mass is 522 g/mol. The molecule has 0 radical (unpaired) electrons. The summed E-state index contributed by atoms with van der Waals surface area (Å²) in [4.78, 5) is 55.5. The van der Waals surface area contributed by atoms with Gasteiger partial charge in [0.25, 0.3) is 0 Å². The van der Waals surface area contributed by atoms with Gasteiger partial charge in [-0.15, -0.1) is 0 Å². The van der Waals surface area contributed by atoms with Gasteiger partial charge in [0.15, 0.2) is 0 Å². The summed E-state index contributed by atoms with van der Waals surface area (Å²) in [5.41, 5.74) is -0.314. The van der Waals surface area contributed by atoms with E-state index in [9.17, 15) is 19.2 Å². The normalized spacial score (nSPS) is 10.6. The lowest BCUT2D eigenvalue weighted by Gasteiger charge is -2.16. The minimum atomic E-state index is -0.776. The Labute approximate surface area is 215 Å². The van der Waals surface area contributed by atoms with E-state index in [2.05, 4.69) is 20.6 Å². The zero-order valence-corrected chi connectivity index (χ0v) is 20.5. The number of carbonyl (C=O) groups excluding carboxylic acids is 1. The van der Waals surface area contributed by atoms with E-state index in [1.54, 1.807) is 54.6 Å². The second-order valence-electron chi connectivity index (χ2n) is 7.93. The van der Waals surface area contributed by atoms with Gasteiger partial charge < -0.3 is 20.4 Å². The van der Waals surface area contributed by atoms with E-state index in [0.29, 0.717) is 22.2 Å². The van der Waals surface area contributed by atoms with Crippen LogP contribution in [0.4, 0.5) is 11.6 Å². The van der Waals surface area contributed by atoms with Crippen molar-refractivity contribution in [2.75, 3.05) is 12.4 Å². The first-order chi connectivity index (χ1) is 17.8. The molecule has 12 heteroatoms. The van der Waals surface area contributed by atoms with Crippen molar-refractivity contribution in [2.24, 2.45) is 0 Å². The van der Waals surface area contributed by atoms with E-state index in [1.807, 2.05) is 0 Å². The van der Waals surface area contributed by atoms with E-state index in [4.69, 9.17) is 16.3 Å². The van der Waals surface area contributed by atoms with Crippen LogP contribution in [0.2, 0.25) is 5.02 Å². The number of ether oxygens (including phenoxy) is 1. The molecule has 0 aliphatic heterocycles. The van der Waals surface area contributed by atoms with E-state index in [1.165, 1.54) is 23.9 Å². The van der Waals surface area contributed by atoms with Crippen LogP contribution < -0.4 is 32.3 Å². The van der Waals surface area contributed by atoms with Gasteiger partial charge in [0, 0.05) is 43.0 Å². The second kappa shape index (κ2) is 11.4. The number of anilines is 2. The molecule has 0 saturated heterocycles. The van der Waals surface area contributed by atoms with Crippen LogP contribution in [0.3, 0.4) is 0 Å². The summed E-state index contributed by atoms with van der Waals surface area (Å²) in [6.07, 6.45) is 1.41. The molecule has 3 N–H and O–H groups in total. The first-order valence-corrected chi connectivity index (χ1v) is 11.6. The van der Waals surface area contributed by atoms with Gasteiger partial charge >= 0.3 is 11.4 Å². The average molecular weight is 523 g/mol. The summed E-state index contributed by atoms with van der Waals surface area (Å²) in [6, 6.07) is 16.6. The maximum absolute atomic E-state index is 13.3. The van der Waals surface area contributed by atoms with Crippen LogP contribution in [-0.2, 0) is 17.9 Å². The number of hydrogen-bond donors (Lipinski definition) is 3. The summed E-state index contributed by atoms with van der Waals surface area (Å²) < 4.78 is 7.94. The van der Waals surface area contributed by atoms with Gasteiger partial charge in [0.05, 0.1) is 6.54 Å². The lowest BCUT2D eigenvalue weighted by molar-refractivity contribution is -0.120. The van der Waals surface area contributed by atoms with E-state index in [-0.39, 0.29) is 36.9 Å². The fourth-order valence-corrected chi connectivity index (χ4v) is 3.53. The summed E-state index contributed by atoms with van der Waals surface area (Å²) in [5, 5.41) is 6.03. The molecule has 0 saturated carbocycles. The van der Waals surface area contributed by atoms with Gasteiger partial charge in [-0.3, -0.25) is 14.2 Å². The Kier molecular flexibility index (Phi) is 7.84. The largest absolute Gasteiger partial charge is 0.456 e. The number of halogens is 1. The highest BCUT2D eigenvalue weighted by molar-refractivity contribution is 6.30. The third kappa shape index (κ3) is 6.53. The zero-order valence-electron chi connectivity index (χ0n) is 19.7. The van der Waals surface area contributed by atoms with Crippen molar-refractivity contribution in [3.63, 3.8) is 0 Å². The Morgan fingerprint density at radius 1 is 0.973 bits per heavy atom. The molecule has 0 unspecified atom stereocenters. The molecular weight excluding hydrogens is 500 g/mol. The van der Waals surface area contributed by atoms with Crippen LogP contribution in [0.25, 0.3) is 0 Å². The number of benzene rings is 2. The zero-order chi connectivity index (χ0) is 26.4. The molecule has 0 atom stereocenters. The van der Waals surface area contributed by atoms with E-state index in [0.717, 1.165) is 10.1 Å². The molecule has 2 aromatic carbocycles. The van der Waals surface area contributed by atoms with Gasteiger partial charge in [-0.05, 0) is 48.0 Å². The highest BCUT2D eigenvalue weighted by Gasteiger charge is 2.15. The van der Waals surface area contributed by atoms with Crippen molar-refractivity contribution in [1.29, 1.82) is 0 Å². The standard InChI is InChI=1S/C25H23ClN6O5/c1-27-21(33)12-13-31-24(35)30-23(32(25(31)36)15-16-2-4-17(26)5-3-16)29-18-6-8-19(9-7-18)37-20-10-11-22(34)28-14-20/h2-11,14H,12-13,15H2,1H3,(H,27,33)(H,28,34)(H,29,30,35). The molecule has 11 nitrogen and oxygen atoms in total. The van der Waals surface area contributed by atoms with Crippen LogP contribution >= 0.6 is 11.6 Å². The van der Waals surface area contributed by atoms with Gasteiger partial charge in [-0.1, -0.05) is 23.7 Å². The highest BCUT2D eigenvalue weighted by Crippen LogP contribution is 2.23. The van der Waals surface area contributed by atoms with Crippen molar-refractivity contribution in [3.05, 3.63) is 109 Å². The van der Waals surface area contributed by atoms with E-state index < -0.39 is 11.4 Å². The molecule has 37 heavy (non-hydrogen) atoms.